The molecule has 0 bridgehead atoms. The molecule has 3 aromatic rings. The topological polar surface area (TPSA) is 112 Å². The second kappa shape index (κ2) is 8.11. The SMILES string of the molecule is O=C(O)c1ccccc1-n1[nH]c(-c2ccc(Br)cc2)cc1=O.O=CO. The first-order chi connectivity index (χ1) is 12.0. The first-order valence-electron chi connectivity index (χ1n) is 6.96. The molecule has 3 rings (SSSR count). The summed E-state index contributed by atoms with van der Waals surface area (Å²) < 4.78 is 2.18. The number of carbonyl (C=O) groups is 2. The number of aromatic carboxylic acids is 1. The van der Waals surface area contributed by atoms with Gasteiger partial charge in [-0.1, -0.05) is 40.2 Å². The average molecular weight is 405 g/mol. The largest absolute Gasteiger partial charge is 0.483 e. The molecule has 0 amide bonds. The number of para-hydroxylation sites is 1. The minimum absolute atomic E-state index is 0.0637. The van der Waals surface area contributed by atoms with E-state index in [2.05, 4.69) is 21.0 Å². The quantitative estimate of drug-likeness (QED) is 0.580. The summed E-state index contributed by atoms with van der Waals surface area (Å²) in [4.78, 5) is 31.8. The summed E-state index contributed by atoms with van der Waals surface area (Å²) >= 11 is 3.36. The summed E-state index contributed by atoms with van der Waals surface area (Å²) in [5, 5.41) is 19.1. The number of nitrogens with zero attached hydrogens (tertiary/aromatic N) is 1. The summed E-state index contributed by atoms with van der Waals surface area (Å²) in [6, 6.07) is 15.3. The van der Waals surface area contributed by atoms with Gasteiger partial charge in [0.2, 0.25) is 0 Å². The van der Waals surface area contributed by atoms with E-state index in [-0.39, 0.29) is 17.6 Å². The van der Waals surface area contributed by atoms with Crippen LogP contribution in [0.2, 0.25) is 0 Å². The van der Waals surface area contributed by atoms with Crippen molar-refractivity contribution in [2.75, 3.05) is 0 Å². The van der Waals surface area contributed by atoms with Gasteiger partial charge in [-0.3, -0.25) is 14.7 Å². The fourth-order valence-corrected chi connectivity index (χ4v) is 2.47. The number of carboxylic acids is 1. The van der Waals surface area contributed by atoms with Gasteiger partial charge in [0, 0.05) is 10.5 Å². The molecule has 25 heavy (non-hydrogen) atoms. The number of rotatable bonds is 3. The average Bonchev–Trinajstić information content (AvgIpc) is 2.98. The molecule has 2 aromatic carbocycles. The monoisotopic (exact) mass is 404 g/mol. The molecular weight excluding hydrogens is 392 g/mol. The van der Waals surface area contributed by atoms with E-state index in [0.717, 1.165) is 10.0 Å². The van der Waals surface area contributed by atoms with E-state index < -0.39 is 5.97 Å². The zero-order chi connectivity index (χ0) is 18.4. The lowest BCUT2D eigenvalue weighted by molar-refractivity contribution is -0.122. The summed E-state index contributed by atoms with van der Waals surface area (Å²) in [6.45, 7) is -0.250. The summed E-state index contributed by atoms with van der Waals surface area (Å²) in [6.07, 6.45) is 0. The van der Waals surface area contributed by atoms with Crippen LogP contribution < -0.4 is 5.56 Å². The van der Waals surface area contributed by atoms with E-state index in [0.29, 0.717) is 11.4 Å². The van der Waals surface area contributed by atoms with Crippen LogP contribution in [0, 0.1) is 0 Å². The zero-order valence-corrected chi connectivity index (χ0v) is 14.3. The van der Waals surface area contributed by atoms with Crippen LogP contribution in [0.5, 0.6) is 0 Å². The van der Waals surface area contributed by atoms with Crippen LogP contribution in [0.4, 0.5) is 0 Å². The summed E-state index contributed by atoms with van der Waals surface area (Å²) in [7, 11) is 0. The number of halogens is 1. The Morgan fingerprint density at radius 3 is 2.32 bits per heavy atom. The Morgan fingerprint density at radius 2 is 1.72 bits per heavy atom. The van der Waals surface area contributed by atoms with Crippen LogP contribution in [0.1, 0.15) is 10.4 Å². The van der Waals surface area contributed by atoms with Crippen molar-refractivity contribution in [3.05, 3.63) is 75.0 Å². The molecule has 0 aliphatic heterocycles. The first kappa shape index (κ1) is 18.2. The number of nitrogens with one attached hydrogen (secondary N) is 1. The van der Waals surface area contributed by atoms with Gasteiger partial charge >= 0.3 is 5.97 Å². The Balaban J connectivity index is 0.000000701. The Labute approximate surface area is 150 Å². The maximum atomic E-state index is 12.2. The van der Waals surface area contributed by atoms with Crippen LogP contribution >= 0.6 is 15.9 Å². The molecule has 0 spiro atoms. The highest BCUT2D eigenvalue weighted by Crippen LogP contribution is 2.20. The molecule has 0 atom stereocenters. The molecule has 3 N–H and O–H groups in total. The van der Waals surface area contributed by atoms with Crippen molar-refractivity contribution < 1.29 is 19.8 Å². The number of hydrogen-bond donors (Lipinski definition) is 3. The van der Waals surface area contributed by atoms with Gasteiger partial charge in [-0.15, -0.1) is 0 Å². The lowest BCUT2D eigenvalue weighted by Crippen LogP contribution is -2.16. The van der Waals surface area contributed by atoms with Gasteiger partial charge in [0.1, 0.15) is 0 Å². The van der Waals surface area contributed by atoms with Crippen molar-refractivity contribution in [3.63, 3.8) is 0 Å². The van der Waals surface area contributed by atoms with Crippen molar-refractivity contribution in [1.29, 1.82) is 0 Å². The fraction of sp³-hybridized carbons (Fsp3) is 0. The number of aromatic nitrogens is 2. The van der Waals surface area contributed by atoms with Crippen LogP contribution in [0.3, 0.4) is 0 Å². The molecule has 1 aromatic heterocycles. The van der Waals surface area contributed by atoms with E-state index in [1.165, 1.54) is 16.8 Å². The third-order valence-electron chi connectivity index (χ3n) is 3.25. The van der Waals surface area contributed by atoms with Gasteiger partial charge in [-0.2, -0.15) is 0 Å². The van der Waals surface area contributed by atoms with Crippen LogP contribution in [-0.4, -0.2) is 32.4 Å². The van der Waals surface area contributed by atoms with E-state index >= 15 is 0 Å². The number of benzene rings is 2. The second-order valence-electron chi connectivity index (χ2n) is 4.78. The van der Waals surface area contributed by atoms with E-state index in [1.807, 2.05) is 24.3 Å². The second-order valence-corrected chi connectivity index (χ2v) is 5.69. The van der Waals surface area contributed by atoms with Crippen molar-refractivity contribution in [2.45, 2.75) is 0 Å². The number of carboxylic acid groups (broad SMARTS) is 2. The Hall–Kier alpha value is -3.13. The summed E-state index contributed by atoms with van der Waals surface area (Å²) in [5.74, 6) is -1.08. The van der Waals surface area contributed by atoms with Gasteiger partial charge in [-0.25, -0.2) is 9.48 Å². The molecule has 0 aliphatic carbocycles. The van der Waals surface area contributed by atoms with Gasteiger partial charge < -0.3 is 10.2 Å². The van der Waals surface area contributed by atoms with Gasteiger partial charge in [0.05, 0.1) is 16.9 Å². The van der Waals surface area contributed by atoms with Gasteiger partial charge in [-0.05, 0) is 29.8 Å². The summed E-state index contributed by atoms with van der Waals surface area (Å²) in [5.41, 5.74) is 1.52. The molecule has 0 saturated heterocycles. The Morgan fingerprint density at radius 1 is 1.12 bits per heavy atom. The van der Waals surface area contributed by atoms with Crippen molar-refractivity contribution in [2.24, 2.45) is 0 Å². The lowest BCUT2D eigenvalue weighted by Gasteiger charge is -2.06. The van der Waals surface area contributed by atoms with Crippen LogP contribution in [0.25, 0.3) is 16.9 Å². The smallest absolute Gasteiger partial charge is 0.337 e. The van der Waals surface area contributed by atoms with Gasteiger partial charge in [0.15, 0.2) is 0 Å². The zero-order valence-electron chi connectivity index (χ0n) is 12.7. The fourth-order valence-electron chi connectivity index (χ4n) is 2.20. The molecule has 8 heteroatoms. The number of H-pyrrole nitrogens is 1. The van der Waals surface area contributed by atoms with Crippen LogP contribution in [-0.2, 0) is 4.79 Å². The van der Waals surface area contributed by atoms with Crippen LogP contribution in [0.15, 0.2) is 63.9 Å². The highest BCUT2D eigenvalue weighted by Gasteiger charge is 2.14. The molecule has 0 aliphatic rings. The third-order valence-corrected chi connectivity index (χ3v) is 3.78. The van der Waals surface area contributed by atoms with E-state index in [9.17, 15) is 14.7 Å². The van der Waals surface area contributed by atoms with Crippen molar-refractivity contribution in [3.8, 4) is 16.9 Å². The molecule has 0 unspecified atom stereocenters. The first-order valence-corrected chi connectivity index (χ1v) is 7.75. The van der Waals surface area contributed by atoms with Crippen molar-refractivity contribution >= 4 is 28.4 Å². The van der Waals surface area contributed by atoms with Crippen molar-refractivity contribution in [1.82, 2.24) is 9.78 Å². The molecule has 7 nitrogen and oxygen atoms in total. The standard InChI is InChI=1S/C16H11BrN2O3.CH2O2/c17-11-7-5-10(6-8-11)13-9-15(20)19(18-13)14-4-2-1-3-12(14)16(21)22;2-1-3/h1-9,18H,(H,21,22);1H,(H,2,3). The predicted molar refractivity (Wildman–Crippen MR) is 95.2 cm³/mol. The molecule has 128 valence electrons. The maximum absolute atomic E-state index is 12.2. The highest BCUT2D eigenvalue weighted by atomic mass is 79.9. The minimum atomic E-state index is -1.08. The highest BCUT2D eigenvalue weighted by molar-refractivity contribution is 9.10. The molecular formula is C17H13BrN2O5. The van der Waals surface area contributed by atoms with Gasteiger partial charge in [0.25, 0.3) is 12.0 Å². The molecule has 0 saturated carbocycles. The van der Waals surface area contributed by atoms with E-state index in [4.69, 9.17) is 9.90 Å². The third kappa shape index (κ3) is 4.24. The predicted octanol–water partition coefficient (Wildman–Crippen LogP) is 2.99. The molecule has 1 heterocycles. The lowest BCUT2D eigenvalue weighted by atomic mass is 10.2. The minimum Gasteiger partial charge on any atom is -0.483 e. The Bertz CT molecular complexity index is 944. The normalized spacial score (nSPS) is 9.80. The number of aromatic amines is 1. The maximum Gasteiger partial charge on any atom is 0.337 e. The Kier molecular flexibility index (Phi) is 5.91. The van der Waals surface area contributed by atoms with E-state index in [1.54, 1.807) is 18.2 Å². The molecule has 0 fully saturated rings. The molecule has 0 radical (unpaired) electrons. The number of hydrogen-bond acceptors (Lipinski definition) is 3.